The van der Waals surface area contributed by atoms with E-state index in [4.69, 9.17) is 13.9 Å². The predicted octanol–water partition coefficient (Wildman–Crippen LogP) is 5.57. The van der Waals surface area contributed by atoms with Crippen LogP contribution in [0.25, 0.3) is 34.4 Å². The molecule has 0 aliphatic rings. The monoisotopic (exact) mass is 558 g/mol. The summed E-state index contributed by atoms with van der Waals surface area (Å²) in [5, 5.41) is 56.9. The molecule has 0 aliphatic carbocycles. The molecular formula is C31H26O10. The third-order valence-electron chi connectivity index (χ3n) is 5.91. The normalized spacial score (nSPS) is 10.8. The van der Waals surface area contributed by atoms with Crippen molar-refractivity contribution >= 4 is 23.1 Å². The molecule has 210 valence electrons. The van der Waals surface area contributed by atoms with Gasteiger partial charge in [-0.25, -0.2) is 0 Å². The van der Waals surface area contributed by atoms with Crippen molar-refractivity contribution in [2.24, 2.45) is 0 Å². The predicted molar refractivity (Wildman–Crippen MR) is 153 cm³/mol. The zero-order valence-corrected chi connectivity index (χ0v) is 21.9. The minimum absolute atomic E-state index is 0.134. The molecule has 6 N–H and O–H groups in total. The third kappa shape index (κ3) is 6.45. The largest absolute Gasteiger partial charge is 0.508 e. The van der Waals surface area contributed by atoms with Gasteiger partial charge in [-0.3, -0.25) is 4.79 Å². The summed E-state index contributed by atoms with van der Waals surface area (Å²) < 4.78 is 15.8. The Kier molecular flexibility index (Phi) is 8.24. The average Bonchev–Trinajstić information content (AvgIpc) is 2.96. The first-order chi connectivity index (χ1) is 19.6. The third-order valence-corrected chi connectivity index (χ3v) is 5.91. The van der Waals surface area contributed by atoms with Gasteiger partial charge in [0.25, 0.3) is 0 Å². The Bertz CT molecular complexity index is 1760. The number of fused-ring (bicyclic) bond motifs is 1. The summed E-state index contributed by atoms with van der Waals surface area (Å²) in [6, 6.07) is 18.4. The van der Waals surface area contributed by atoms with Gasteiger partial charge in [0.1, 0.15) is 39.7 Å². The molecule has 0 radical (unpaired) electrons. The Morgan fingerprint density at radius 3 is 1.88 bits per heavy atom. The zero-order valence-electron chi connectivity index (χ0n) is 21.9. The van der Waals surface area contributed by atoms with E-state index in [-0.39, 0.29) is 39.5 Å². The minimum Gasteiger partial charge on any atom is -0.508 e. The van der Waals surface area contributed by atoms with E-state index in [0.717, 1.165) is 46.9 Å². The number of aromatic hydroxyl groups is 6. The summed E-state index contributed by atoms with van der Waals surface area (Å²) in [6.07, 6.45) is 3.94. The highest BCUT2D eigenvalue weighted by Crippen LogP contribution is 2.37. The Hall–Kier alpha value is -5.77. The lowest BCUT2D eigenvalue weighted by Crippen LogP contribution is -2.02. The summed E-state index contributed by atoms with van der Waals surface area (Å²) in [5.74, 6) is -0.941. The second kappa shape index (κ2) is 12.0. The molecule has 0 saturated heterocycles. The minimum atomic E-state index is -0.888. The quantitative estimate of drug-likeness (QED) is 0.118. The summed E-state index contributed by atoms with van der Waals surface area (Å²) in [5.41, 5.74) is 1.11. The molecule has 10 heteroatoms. The summed E-state index contributed by atoms with van der Waals surface area (Å²) in [6.45, 7) is 0. The number of hydrogen-bond acceptors (Lipinski definition) is 10. The molecule has 0 amide bonds. The van der Waals surface area contributed by atoms with Crippen molar-refractivity contribution in [3.05, 3.63) is 94.1 Å². The lowest BCUT2D eigenvalue weighted by atomic mass is 10.1. The molecule has 0 atom stereocenters. The van der Waals surface area contributed by atoms with Crippen LogP contribution in [0.4, 0.5) is 0 Å². The molecule has 10 nitrogen and oxygen atoms in total. The van der Waals surface area contributed by atoms with Crippen molar-refractivity contribution in [2.45, 2.75) is 0 Å². The first-order valence-corrected chi connectivity index (χ1v) is 12.0. The number of hydrogen-bond donors (Lipinski definition) is 6. The van der Waals surface area contributed by atoms with Gasteiger partial charge < -0.3 is 44.5 Å². The van der Waals surface area contributed by atoms with E-state index in [1.54, 1.807) is 26.4 Å². The highest BCUT2D eigenvalue weighted by Gasteiger charge is 2.19. The van der Waals surface area contributed by atoms with E-state index in [0.29, 0.717) is 0 Å². The van der Waals surface area contributed by atoms with E-state index in [2.05, 4.69) is 0 Å². The van der Waals surface area contributed by atoms with Gasteiger partial charge in [-0.15, -0.1) is 0 Å². The molecule has 5 aromatic rings. The number of methoxy groups -OCH3 is 2. The van der Waals surface area contributed by atoms with Gasteiger partial charge in [0.15, 0.2) is 17.3 Å². The number of ether oxygens (including phenoxy) is 2. The fourth-order valence-corrected chi connectivity index (χ4v) is 3.84. The lowest BCUT2D eigenvalue weighted by Gasteiger charge is -2.08. The zero-order chi connectivity index (χ0) is 29.7. The van der Waals surface area contributed by atoms with Crippen LogP contribution in [0.1, 0.15) is 11.1 Å². The van der Waals surface area contributed by atoms with Crippen molar-refractivity contribution in [3.8, 4) is 57.3 Å². The Morgan fingerprint density at radius 2 is 1.27 bits per heavy atom. The average molecular weight is 559 g/mol. The van der Waals surface area contributed by atoms with Gasteiger partial charge in [0.2, 0.25) is 11.2 Å². The first kappa shape index (κ1) is 28.2. The smallest absolute Gasteiger partial charge is 0.238 e. The molecule has 0 bridgehead atoms. The van der Waals surface area contributed by atoms with Crippen LogP contribution in [0, 0.1) is 0 Å². The van der Waals surface area contributed by atoms with E-state index in [1.165, 1.54) is 6.07 Å². The van der Waals surface area contributed by atoms with E-state index in [9.17, 15) is 35.4 Å². The molecule has 0 spiro atoms. The van der Waals surface area contributed by atoms with Crippen LogP contribution in [0.2, 0.25) is 0 Å². The van der Waals surface area contributed by atoms with Crippen LogP contribution in [0.15, 0.2) is 82.0 Å². The topological polar surface area (TPSA) is 170 Å². The maximum atomic E-state index is 12.1. The van der Waals surface area contributed by atoms with Crippen molar-refractivity contribution in [1.82, 2.24) is 0 Å². The van der Waals surface area contributed by atoms with Crippen molar-refractivity contribution < 1.29 is 44.5 Å². The van der Waals surface area contributed by atoms with Gasteiger partial charge in [-0.05, 0) is 53.6 Å². The van der Waals surface area contributed by atoms with Crippen molar-refractivity contribution in [2.75, 3.05) is 14.2 Å². The van der Waals surface area contributed by atoms with Gasteiger partial charge in [-0.2, -0.15) is 0 Å². The molecule has 1 heterocycles. The van der Waals surface area contributed by atoms with Crippen LogP contribution >= 0.6 is 0 Å². The molecule has 1 aromatic heterocycles. The van der Waals surface area contributed by atoms with Crippen LogP contribution < -0.4 is 14.9 Å². The number of rotatable bonds is 5. The highest BCUT2D eigenvalue weighted by molar-refractivity contribution is 5.88. The number of benzene rings is 4. The molecule has 41 heavy (non-hydrogen) atoms. The molecular weight excluding hydrogens is 532 g/mol. The highest BCUT2D eigenvalue weighted by atomic mass is 16.5. The van der Waals surface area contributed by atoms with Crippen LogP contribution in [0.5, 0.6) is 46.0 Å². The van der Waals surface area contributed by atoms with Crippen molar-refractivity contribution in [1.29, 1.82) is 0 Å². The summed E-state index contributed by atoms with van der Waals surface area (Å²) in [7, 11) is 3.25. The molecule has 4 aromatic carbocycles. The maximum absolute atomic E-state index is 12.1. The van der Waals surface area contributed by atoms with E-state index >= 15 is 0 Å². The van der Waals surface area contributed by atoms with E-state index in [1.807, 2.05) is 42.5 Å². The summed E-state index contributed by atoms with van der Waals surface area (Å²) in [4.78, 5) is 12.1. The van der Waals surface area contributed by atoms with E-state index < -0.39 is 22.7 Å². The molecule has 0 fully saturated rings. The molecule has 0 aliphatic heterocycles. The fraction of sp³-hybridized carbons (Fsp3) is 0.0645. The fourth-order valence-electron chi connectivity index (χ4n) is 3.84. The SMILES string of the molecule is COc1cc(/C=C/c2ccc(O)cc2)cc(OC)c1.O=c1c(O)c(-c2ccc(O)c(O)c2)oc2cc(O)cc(O)c12. The second-order valence-corrected chi connectivity index (χ2v) is 8.72. The molecule has 5 rings (SSSR count). The Balaban J connectivity index is 0.000000191. The molecule has 0 unspecified atom stereocenters. The van der Waals surface area contributed by atoms with Crippen molar-refractivity contribution in [3.63, 3.8) is 0 Å². The second-order valence-electron chi connectivity index (χ2n) is 8.72. The number of phenolic OH excluding ortho intramolecular Hbond substituents is 5. The van der Waals surface area contributed by atoms with Gasteiger partial charge in [0.05, 0.1) is 14.2 Å². The number of phenols is 5. The maximum Gasteiger partial charge on any atom is 0.238 e. The van der Waals surface area contributed by atoms with Crippen LogP contribution in [-0.2, 0) is 0 Å². The van der Waals surface area contributed by atoms with Gasteiger partial charge >= 0.3 is 0 Å². The summed E-state index contributed by atoms with van der Waals surface area (Å²) >= 11 is 0. The van der Waals surface area contributed by atoms with Gasteiger partial charge in [-0.1, -0.05) is 24.3 Å². The first-order valence-electron chi connectivity index (χ1n) is 12.0. The van der Waals surface area contributed by atoms with Gasteiger partial charge in [0, 0.05) is 23.8 Å². The van der Waals surface area contributed by atoms with Crippen LogP contribution in [-0.4, -0.2) is 44.9 Å². The Morgan fingerprint density at radius 1 is 0.634 bits per heavy atom. The van der Waals surface area contributed by atoms with Crippen LogP contribution in [0.3, 0.4) is 0 Å². The lowest BCUT2D eigenvalue weighted by molar-refractivity contribution is 0.394. The molecule has 0 saturated carbocycles. The standard InChI is InChI=1S/C16H16O3.C15H10O7/c1-18-15-9-13(10-16(11-15)19-2)4-3-12-5-7-14(17)8-6-12;16-7-4-10(19)12-11(5-7)22-15(14(21)13(12)20)6-1-2-8(17)9(18)3-6/h3-11,17H,1-2H3;1-5,16-19,21H/b4-3+;. The Labute approximate surface area is 233 Å².